The van der Waals surface area contributed by atoms with Crippen LogP contribution in [0.5, 0.6) is 0 Å². The van der Waals surface area contributed by atoms with Crippen LogP contribution < -0.4 is 10.0 Å². The van der Waals surface area contributed by atoms with Crippen LogP contribution in [0.2, 0.25) is 0 Å². The highest BCUT2D eigenvalue weighted by Crippen LogP contribution is 2.24. The fourth-order valence-corrected chi connectivity index (χ4v) is 3.11. The van der Waals surface area contributed by atoms with Gasteiger partial charge >= 0.3 is 0 Å². The van der Waals surface area contributed by atoms with Gasteiger partial charge in [-0.3, -0.25) is 4.72 Å². The lowest BCUT2D eigenvalue weighted by atomic mass is 10.1. The smallest absolute Gasteiger partial charge is 0.280 e. The summed E-state index contributed by atoms with van der Waals surface area (Å²) < 4.78 is 29.1. The van der Waals surface area contributed by atoms with Crippen molar-refractivity contribution in [2.75, 3.05) is 11.8 Å². The number of hydrogen-bond acceptors (Lipinski definition) is 4. The van der Waals surface area contributed by atoms with E-state index in [0.29, 0.717) is 11.5 Å². The van der Waals surface area contributed by atoms with Crippen molar-refractivity contribution >= 4 is 15.7 Å². The van der Waals surface area contributed by atoms with Crippen LogP contribution >= 0.6 is 0 Å². The molecule has 0 aliphatic carbocycles. The SMILES string of the molecule is CNC(C)c1ccccc1NS(=O)(=O)c1cn(C)c(C)n1. The number of hydrogen-bond donors (Lipinski definition) is 2. The zero-order valence-electron chi connectivity index (χ0n) is 12.6. The molecule has 0 fully saturated rings. The van der Waals surface area contributed by atoms with Crippen LogP contribution in [0, 0.1) is 6.92 Å². The number of aromatic nitrogens is 2. The number of anilines is 1. The molecule has 114 valence electrons. The summed E-state index contributed by atoms with van der Waals surface area (Å²) in [5.74, 6) is 0.646. The Labute approximate surface area is 125 Å². The molecule has 0 aliphatic rings. The Morgan fingerprint density at radius 3 is 2.52 bits per heavy atom. The summed E-state index contributed by atoms with van der Waals surface area (Å²) in [5.41, 5.74) is 1.44. The van der Waals surface area contributed by atoms with Gasteiger partial charge in [0.2, 0.25) is 0 Å². The van der Waals surface area contributed by atoms with Crippen molar-refractivity contribution in [3.63, 3.8) is 0 Å². The maximum Gasteiger partial charge on any atom is 0.280 e. The first kappa shape index (κ1) is 15.5. The number of nitrogens with one attached hydrogen (secondary N) is 2. The van der Waals surface area contributed by atoms with E-state index >= 15 is 0 Å². The van der Waals surface area contributed by atoms with Gasteiger partial charge in [0.05, 0.1) is 5.69 Å². The summed E-state index contributed by atoms with van der Waals surface area (Å²) in [7, 11) is -0.0953. The minimum atomic E-state index is -3.69. The van der Waals surface area contributed by atoms with Gasteiger partial charge in [0.1, 0.15) is 5.82 Å². The summed E-state index contributed by atoms with van der Waals surface area (Å²) in [6.45, 7) is 3.73. The van der Waals surface area contributed by atoms with E-state index in [1.807, 2.05) is 26.1 Å². The van der Waals surface area contributed by atoms with Crippen LogP contribution in [0.1, 0.15) is 24.4 Å². The van der Waals surface area contributed by atoms with Gasteiger partial charge in [0.15, 0.2) is 5.03 Å². The molecule has 0 radical (unpaired) electrons. The molecule has 2 N–H and O–H groups in total. The van der Waals surface area contributed by atoms with Gasteiger partial charge in [-0.05, 0) is 32.5 Å². The number of rotatable bonds is 5. The van der Waals surface area contributed by atoms with Crippen molar-refractivity contribution in [2.24, 2.45) is 7.05 Å². The van der Waals surface area contributed by atoms with E-state index < -0.39 is 10.0 Å². The second kappa shape index (κ2) is 5.87. The number of imidazole rings is 1. The Bertz CT molecular complexity index is 718. The molecule has 0 bridgehead atoms. The van der Waals surface area contributed by atoms with E-state index in [1.54, 1.807) is 30.7 Å². The predicted molar refractivity (Wildman–Crippen MR) is 82.7 cm³/mol. The Kier molecular flexibility index (Phi) is 4.34. The Morgan fingerprint density at radius 2 is 1.95 bits per heavy atom. The minimum absolute atomic E-state index is 0.0226. The van der Waals surface area contributed by atoms with E-state index in [1.165, 1.54) is 6.20 Å². The third-order valence-electron chi connectivity index (χ3n) is 3.47. The molecular weight excluding hydrogens is 288 g/mol. The van der Waals surface area contributed by atoms with Gasteiger partial charge in [0, 0.05) is 19.3 Å². The lowest BCUT2D eigenvalue weighted by Gasteiger charge is -2.16. The van der Waals surface area contributed by atoms with Crippen LogP contribution in [0.4, 0.5) is 5.69 Å². The molecular formula is C14H20N4O2S. The molecule has 2 aromatic rings. The molecule has 6 nitrogen and oxygen atoms in total. The van der Waals surface area contributed by atoms with Crippen molar-refractivity contribution in [3.05, 3.63) is 41.9 Å². The molecule has 0 spiro atoms. The largest absolute Gasteiger partial charge is 0.337 e. The molecule has 1 atom stereocenters. The second-order valence-corrected chi connectivity index (χ2v) is 6.57. The molecule has 2 rings (SSSR count). The molecule has 0 aliphatic heterocycles. The van der Waals surface area contributed by atoms with E-state index in [4.69, 9.17) is 0 Å². The van der Waals surface area contributed by atoms with E-state index in [9.17, 15) is 8.42 Å². The molecule has 1 aromatic carbocycles. The highest BCUT2D eigenvalue weighted by Gasteiger charge is 2.20. The first-order chi connectivity index (χ1) is 9.85. The molecule has 0 saturated heterocycles. The van der Waals surface area contributed by atoms with Crippen LogP contribution in [-0.2, 0) is 17.1 Å². The number of para-hydroxylation sites is 1. The molecule has 7 heteroatoms. The minimum Gasteiger partial charge on any atom is -0.337 e. The first-order valence-corrected chi connectivity index (χ1v) is 8.12. The van der Waals surface area contributed by atoms with Crippen molar-refractivity contribution in [2.45, 2.75) is 24.9 Å². The summed E-state index contributed by atoms with van der Waals surface area (Å²) in [5, 5.41) is 3.13. The molecule has 0 amide bonds. The second-order valence-electron chi connectivity index (χ2n) is 4.94. The van der Waals surface area contributed by atoms with Gasteiger partial charge in [0.25, 0.3) is 10.0 Å². The highest BCUT2D eigenvalue weighted by molar-refractivity contribution is 7.92. The third kappa shape index (κ3) is 3.25. The first-order valence-electron chi connectivity index (χ1n) is 6.64. The molecule has 0 saturated carbocycles. The molecule has 1 heterocycles. The van der Waals surface area contributed by atoms with Gasteiger partial charge < -0.3 is 9.88 Å². The van der Waals surface area contributed by atoms with E-state index in [0.717, 1.165) is 5.56 Å². The lowest BCUT2D eigenvalue weighted by Crippen LogP contribution is -2.18. The van der Waals surface area contributed by atoms with Crippen LogP contribution in [0.3, 0.4) is 0 Å². The van der Waals surface area contributed by atoms with E-state index in [2.05, 4.69) is 15.0 Å². The Balaban J connectivity index is 2.37. The number of nitrogens with zero attached hydrogens (tertiary/aromatic N) is 2. The van der Waals surface area contributed by atoms with Gasteiger partial charge in [-0.1, -0.05) is 18.2 Å². The summed E-state index contributed by atoms with van der Waals surface area (Å²) in [6.07, 6.45) is 1.50. The average Bonchev–Trinajstić information content (AvgIpc) is 2.79. The fraction of sp³-hybridized carbons (Fsp3) is 0.357. The Hall–Kier alpha value is -1.86. The summed E-state index contributed by atoms with van der Waals surface area (Å²) in [4.78, 5) is 4.07. The number of aryl methyl sites for hydroxylation is 2. The monoisotopic (exact) mass is 308 g/mol. The topological polar surface area (TPSA) is 76.0 Å². The maximum absolute atomic E-state index is 12.4. The maximum atomic E-state index is 12.4. The Morgan fingerprint density at radius 1 is 1.29 bits per heavy atom. The van der Waals surface area contributed by atoms with Crippen molar-refractivity contribution in [1.82, 2.24) is 14.9 Å². The normalized spacial score (nSPS) is 13.1. The zero-order chi connectivity index (χ0) is 15.6. The van der Waals surface area contributed by atoms with Gasteiger partial charge in [-0.15, -0.1) is 0 Å². The third-order valence-corrected chi connectivity index (χ3v) is 4.70. The summed E-state index contributed by atoms with van der Waals surface area (Å²) >= 11 is 0. The van der Waals surface area contributed by atoms with Crippen LogP contribution in [-0.4, -0.2) is 25.0 Å². The van der Waals surface area contributed by atoms with Crippen molar-refractivity contribution in [3.8, 4) is 0 Å². The van der Waals surface area contributed by atoms with Crippen LogP contribution in [0.25, 0.3) is 0 Å². The van der Waals surface area contributed by atoms with Crippen LogP contribution in [0.15, 0.2) is 35.5 Å². The van der Waals surface area contributed by atoms with Gasteiger partial charge in [-0.2, -0.15) is 8.42 Å². The quantitative estimate of drug-likeness (QED) is 0.883. The zero-order valence-corrected chi connectivity index (χ0v) is 13.4. The molecule has 21 heavy (non-hydrogen) atoms. The molecule has 1 aromatic heterocycles. The van der Waals surface area contributed by atoms with E-state index in [-0.39, 0.29) is 11.1 Å². The summed E-state index contributed by atoms with van der Waals surface area (Å²) in [6, 6.07) is 7.35. The highest BCUT2D eigenvalue weighted by atomic mass is 32.2. The lowest BCUT2D eigenvalue weighted by molar-refractivity contribution is 0.597. The standard InChI is InChI=1S/C14H20N4O2S/c1-10(15-3)12-7-5-6-8-13(12)17-21(19,20)14-9-18(4)11(2)16-14/h5-10,15,17H,1-4H3. The predicted octanol–water partition coefficient (Wildman–Crippen LogP) is 1.81. The number of sulfonamides is 1. The average molecular weight is 308 g/mol. The van der Waals surface area contributed by atoms with Crippen molar-refractivity contribution < 1.29 is 8.42 Å². The fourth-order valence-electron chi connectivity index (χ4n) is 1.98. The van der Waals surface area contributed by atoms with Crippen molar-refractivity contribution in [1.29, 1.82) is 0 Å². The number of benzene rings is 1. The molecule has 1 unspecified atom stereocenters. The van der Waals surface area contributed by atoms with Gasteiger partial charge in [-0.25, -0.2) is 4.98 Å².